The molecule has 3 aromatic heterocycles. The number of nitrogens with zero attached hydrogens (tertiary/aromatic N) is 4. The number of fused-ring (bicyclic) bond motifs is 14. The summed E-state index contributed by atoms with van der Waals surface area (Å²) in [6.07, 6.45) is 4.90. The molecule has 0 N–H and O–H groups in total. The van der Waals surface area contributed by atoms with Crippen molar-refractivity contribution in [2.75, 3.05) is 4.90 Å². The van der Waals surface area contributed by atoms with Crippen LogP contribution >= 0.6 is 0 Å². The number of hydrogen-bond donors (Lipinski definition) is 0. The van der Waals surface area contributed by atoms with Crippen LogP contribution in [0, 0.1) is 0 Å². The molecule has 0 spiro atoms. The number of hydrogen-bond acceptors (Lipinski definition) is 1. The highest BCUT2D eigenvalue weighted by atomic mass is 15.3. The molecule has 0 saturated carbocycles. The van der Waals surface area contributed by atoms with Crippen LogP contribution in [-0.4, -0.2) is 19.7 Å². The average molecular weight is 815 g/mol. The summed E-state index contributed by atoms with van der Waals surface area (Å²) in [6, 6.07) is 76.4. The minimum Gasteiger partial charge on any atom is -0.329 e. The molecule has 0 radical (unpaired) electrons. The van der Waals surface area contributed by atoms with E-state index in [0.29, 0.717) is 0 Å². The lowest BCUT2D eigenvalue weighted by molar-refractivity contribution is 0.737. The van der Waals surface area contributed by atoms with E-state index in [1.807, 2.05) is 0 Å². The molecular weight excluding hydrogens is 777 g/mol. The summed E-state index contributed by atoms with van der Waals surface area (Å²) in [5.41, 5.74) is 20.1. The molecule has 12 aromatic rings. The fraction of sp³-hybridized carbons (Fsp3) is 0.0333. The number of para-hydroxylation sites is 8. The van der Waals surface area contributed by atoms with E-state index < -0.39 is 0 Å². The van der Waals surface area contributed by atoms with Crippen molar-refractivity contribution >= 4 is 88.1 Å². The van der Waals surface area contributed by atoms with Gasteiger partial charge in [0.25, 0.3) is 0 Å². The average Bonchev–Trinajstić information content (AvgIpc) is 4.10. The molecule has 0 bridgehead atoms. The van der Waals surface area contributed by atoms with Gasteiger partial charge in [-0.15, -0.1) is 0 Å². The third-order valence-electron chi connectivity index (χ3n) is 14.5. The second-order valence-corrected chi connectivity index (χ2v) is 17.6. The molecule has 15 rings (SSSR count). The quantitative estimate of drug-likeness (QED) is 0.173. The van der Waals surface area contributed by atoms with Crippen LogP contribution < -0.4 is 4.90 Å². The van der Waals surface area contributed by atoms with Crippen molar-refractivity contribution in [1.29, 1.82) is 0 Å². The van der Waals surface area contributed by atoms with Crippen molar-refractivity contribution in [2.24, 2.45) is 0 Å². The summed E-state index contributed by atoms with van der Waals surface area (Å²) < 4.78 is 7.57. The predicted octanol–water partition coefficient (Wildman–Crippen LogP) is 15.2. The Bertz CT molecular complexity index is 4030. The number of anilines is 2. The van der Waals surface area contributed by atoms with E-state index in [4.69, 9.17) is 0 Å². The summed E-state index contributed by atoms with van der Waals surface area (Å²) in [7, 11) is 0. The van der Waals surface area contributed by atoms with Gasteiger partial charge in [0.1, 0.15) is 0 Å². The molecule has 0 amide bonds. The first-order valence-electron chi connectivity index (χ1n) is 22.4. The van der Waals surface area contributed by atoms with E-state index in [0.717, 1.165) is 5.69 Å². The first-order valence-corrected chi connectivity index (χ1v) is 22.4. The fourth-order valence-corrected chi connectivity index (χ4v) is 12.1. The summed E-state index contributed by atoms with van der Waals surface area (Å²) in [6.45, 7) is 0. The molecular formula is C60H38N4. The Morgan fingerprint density at radius 3 is 1.53 bits per heavy atom. The van der Waals surface area contributed by atoms with Crippen molar-refractivity contribution in [3.8, 4) is 22.5 Å². The maximum Gasteiger partial charge on any atom is 0.0857 e. The molecule has 4 heteroatoms. The first-order chi connectivity index (χ1) is 31.8. The van der Waals surface area contributed by atoms with E-state index in [2.05, 4.69) is 237 Å². The third-order valence-corrected chi connectivity index (χ3v) is 14.5. The monoisotopic (exact) mass is 814 g/mol. The second-order valence-electron chi connectivity index (χ2n) is 17.6. The van der Waals surface area contributed by atoms with Gasteiger partial charge in [0.05, 0.1) is 44.8 Å². The maximum atomic E-state index is 2.68. The van der Waals surface area contributed by atoms with Gasteiger partial charge in [-0.3, -0.25) is 0 Å². The van der Waals surface area contributed by atoms with Crippen LogP contribution in [-0.2, 0) is 0 Å². The number of allylic oxidation sites excluding steroid dienone is 2. The molecule has 0 fully saturated rings. The standard InChI is InChI=1S/C60H38N4/c1-3-17-37(18-4-1)61-49-29-11-7-21-39(49)43-25-15-27-45(57(43)61)41-33-35-53-59-55(41)47-23-9-13-31-51(47)63(59)54-36-34-42(56-48-24-10-14-32-52(48)64(53)60(54)56)46-28-16-26-44-40-22-8-12-30-50(40)62(58(44)46)38-19-5-2-6-20-38/h1-36,55,59H. The van der Waals surface area contributed by atoms with Gasteiger partial charge in [-0.1, -0.05) is 158 Å². The van der Waals surface area contributed by atoms with Crippen LogP contribution in [0.1, 0.15) is 17.0 Å². The Labute approximate surface area is 369 Å². The van der Waals surface area contributed by atoms with Gasteiger partial charge in [-0.05, 0) is 77.4 Å². The van der Waals surface area contributed by atoms with Crippen LogP contribution in [0.15, 0.2) is 218 Å². The van der Waals surface area contributed by atoms with Gasteiger partial charge in [0.15, 0.2) is 0 Å². The van der Waals surface area contributed by atoms with Crippen LogP contribution in [0.2, 0.25) is 0 Å². The second kappa shape index (κ2) is 12.6. The van der Waals surface area contributed by atoms with Crippen LogP contribution in [0.3, 0.4) is 0 Å². The lowest BCUT2D eigenvalue weighted by Crippen LogP contribution is -2.38. The van der Waals surface area contributed by atoms with Crippen molar-refractivity contribution in [3.63, 3.8) is 0 Å². The maximum absolute atomic E-state index is 2.68. The minimum absolute atomic E-state index is 0.0589. The molecule has 4 nitrogen and oxygen atoms in total. The first kappa shape index (κ1) is 34.3. The highest BCUT2D eigenvalue weighted by molar-refractivity contribution is 6.25. The van der Waals surface area contributed by atoms with E-state index in [1.54, 1.807) is 0 Å². The SMILES string of the molecule is C1=C(c2cccc3c4ccccc4n(-c4ccccc4)c23)C2c3ccccc3N3c4ccc(-c5cccc6c7ccccc7n(-c7ccccc7)c56)c5c6ccccc6n(c45)C(=C1)C23. The molecule has 0 saturated heterocycles. The Kier molecular flexibility index (Phi) is 6.76. The van der Waals surface area contributed by atoms with Gasteiger partial charge >= 0.3 is 0 Å². The lowest BCUT2D eigenvalue weighted by atomic mass is 9.78. The minimum atomic E-state index is 0.0589. The smallest absolute Gasteiger partial charge is 0.0857 e. The van der Waals surface area contributed by atoms with Crippen LogP contribution in [0.25, 0.3) is 99.2 Å². The summed E-state index contributed by atoms with van der Waals surface area (Å²) in [4.78, 5) is 2.68. The lowest BCUT2D eigenvalue weighted by Gasteiger charge is -2.40. The Morgan fingerprint density at radius 2 is 0.859 bits per heavy atom. The summed E-state index contributed by atoms with van der Waals surface area (Å²) in [5.74, 6) is 0.100. The fourth-order valence-electron chi connectivity index (χ4n) is 12.1. The van der Waals surface area contributed by atoms with E-state index in [9.17, 15) is 0 Å². The topological polar surface area (TPSA) is 18.0 Å². The number of aromatic nitrogens is 3. The zero-order chi connectivity index (χ0) is 41.6. The van der Waals surface area contributed by atoms with E-state index in [1.165, 1.54) is 116 Å². The molecule has 2 atom stereocenters. The Balaban J connectivity index is 1.03. The highest BCUT2D eigenvalue weighted by Crippen LogP contribution is 2.61. The predicted molar refractivity (Wildman–Crippen MR) is 267 cm³/mol. The number of rotatable bonds is 4. The summed E-state index contributed by atoms with van der Waals surface area (Å²) >= 11 is 0. The van der Waals surface area contributed by atoms with Crippen molar-refractivity contribution in [1.82, 2.24) is 13.7 Å². The van der Waals surface area contributed by atoms with E-state index >= 15 is 0 Å². The van der Waals surface area contributed by atoms with Crippen molar-refractivity contribution < 1.29 is 0 Å². The molecule has 3 aliphatic rings. The van der Waals surface area contributed by atoms with Gasteiger partial charge < -0.3 is 18.6 Å². The van der Waals surface area contributed by atoms with E-state index in [-0.39, 0.29) is 12.0 Å². The molecule has 1 aliphatic carbocycles. The molecule has 64 heavy (non-hydrogen) atoms. The number of benzene rings is 9. The van der Waals surface area contributed by atoms with Gasteiger partial charge in [0, 0.05) is 72.1 Å². The van der Waals surface area contributed by atoms with Gasteiger partial charge in [0.2, 0.25) is 0 Å². The van der Waals surface area contributed by atoms with Crippen molar-refractivity contribution in [3.05, 3.63) is 230 Å². The van der Waals surface area contributed by atoms with Crippen LogP contribution in [0.4, 0.5) is 11.4 Å². The van der Waals surface area contributed by atoms with Crippen LogP contribution in [0.5, 0.6) is 0 Å². The normalized spacial score (nSPS) is 16.3. The van der Waals surface area contributed by atoms with Gasteiger partial charge in [-0.25, -0.2) is 0 Å². The Morgan fingerprint density at radius 1 is 0.328 bits per heavy atom. The third kappa shape index (κ3) is 4.32. The zero-order valence-corrected chi connectivity index (χ0v) is 34.7. The molecule has 9 aromatic carbocycles. The molecule has 2 unspecified atom stereocenters. The zero-order valence-electron chi connectivity index (χ0n) is 34.7. The Hall–Kier alpha value is -8.34. The summed E-state index contributed by atoms with van der Waals surface area (Å²) in [5, 5.41) is 7.63. The highest BCUT2D eigenvalue weighted by Gasteiger charge is 2.49. The van der Waals surface area contributed by atoms with Crippen molar-refractivity contribution in [2.45, 2.75) is 12.0 Å². The molecule has 298 valence electrons. The molecule has 5 heterocycles. The largest absolute Gasteiger partial charge is 0.329 e. The van der Waals surface area contributed by atoms with Gasteiger partial charge in [-0.2, -0.15) is 0 Å². The molecule has 2 aliphatic heterocycles.